The van der Waals surface area contributed by atoms with E-state index in [0.717, 1.165) is 51.2 Å². The number of nitrogens with zero attached hydrogens (tertiary/aromatic N) is 2. The van der Waals surface area contributed by atoms with Gasteiger partial charge in [0.05, 0.1) is 11.6 Å². The largest absolute Gasteiger partial charge is 0.373 e. The number of rotatable bonds is 9. The molecule has 4 heteroatoms. The molecule has 0 aliphatic heterocycles. The molecule has 1 N–H and O–H groups in total. The predicted octanol–water partition coefficient (Wildman–Crippen LogP) is 3.68. The molecule has 1 fully saturated rings. The quantitative estimate of drug-likeness (QED) is 0.755. The standard InChI is InChI=1S/C17H31N3O/c1-4-11-18-15(16-19-12-14-20(16)13-5-2)17(21-6-3)9-7-8-10-17/h12,14-15,18H,4-11,13H2,1-3H3. The Bertz CT molecular complexity index is 410. The summed E-state index contributed by atoms with van der Waals surface area (Å²) in [4.78, 5) is 4.68. The first-order chi connectivity index (χ1) is 10.3. The van der Waals surface area contributed by atoms with Crippen molar-refractivity contribution in [1.29, 1.82) is 0 Å². The minimum Gasteiger partial charge on any atom is -0.373 e. The second-order valence-electron chi connectivity index (χ2n) is 6.07. The zero-order valence-electron chi connectivity index (χ0n) is 13.9. The van der Waals surface area contributed by atoms with E-state index in [2.05, 4.69) is 41.8 Å². The lowest BCUT2D eigenvalue weighted by molar-refractivity contribution is -0.0652. The van der Waals surface area contributed by atoms with Gasteiger partial charge in [-0.05, 0) is 39.2 Å². The van der Waals surface area contributed by atoms with Crippen molar-refractivity contribution in [2.75, 3.05) is 13.2 Å². The summed E-state index contributed by atoms with van der Waals surface area (Å²) in [7, 11) is 0. The van der Waals surface area contributed by atoms with Crippen molar-refractivity contribution >= 4 is 0 Å². The maximum absolute atomic E-state index is 6.29. The highest BCUT2D eigenvalue weighted by atomic mass is 16.5. The van der Waals surface area contributed by atoms with Gasteiger partial charge < -0.3 is 14.6 Å². The summed E-state index contributed by atoms with van der Waals surface area (Å²) >= 11 is 0. The highest BCUT2D eigenvalue weighted by Gasteiger charge is 2.44. The van der Waals surface area contributed by atoms with Gasteiger partial charge in [0.1, 0.15) is 5.82 Å². The molecule has 1 unspecified atom stereocenters. The van der Waals surface area contributed by atoms with Gasteiger partial charge in [0, 0.05) is 25.5 Å². The number of ether oxygens (including phenoxy) is 1. The molecule has 1 saturated carbocycles. The lowest BCUT2D eigenvalue weighted by Crippen LogP contribution is -2.46. The van der Waals surface area contributed by atoms with Crippen molar-refractivity contribution in [2.45, 2.75) is 77.5 Å². The molecule has 1 aromatic rings. The summed E-state index contributed by atoms with van der Waals surface area (Å²) in [5.41, 5.74) is -0.0687. The molecule has 0 radical (unpaired) electrons. The molecule has 120 valence electrons. The van der Waals surface area contributed by atoms with Gasteiger partial charge in [0.25, 0.3) is 0 Å². The second-order valence-corrected chi connectivity index (χ2v) is 6.07. The zero-order valence-corrected chi connectivity index (χ0v) is 13.9. The van der Waals surface area contributed by atoms with Crippen molar-refractivity contribution in [2.24, 2.45) is 0 Å². The predicted molar refractivity (Wildman–Crippen MR) is 86.4 cm³/mol. The van der Waals surface area contributed by atoms with E-state index in [9.17, 15) is 0 Å². The van der Waals surface area contributed by atoms with Gasteiger partial charge in [0.15, 0.2) is 0 Å². The summed E-state index contributed by atoms with van der Waals surface area (Å²) < 4.78 is 8.59. The Morgan fingerprint density at radius 2 is 2.05 bits per heavy atom. The Hall–Kier alpha value is -0.870. The van der Waals surface area contributed by atoms with Gasteiger partial charge in [0.2, 0.25) is 0 Å². The molecule has 0 aromatic carbocycles. The van der Waals surface area contributed by atoms with Crippen molar-refractivity contribution < 1.29 is 4.74 Å². The topological polar surface area (TPSA) is 39.1 Å². The minimum absolute atomic E-state index is 0.0687. The Labute approximate surface area is 129 Å². The molecule has 4 nitrogen and oxygen atoms in total. The second kappa shape index (κ2) is 7.95. The van der Waals surface area contributed by atoms with Gasteiger partial charge in [-0.2, -0.15) is 0 Å². The van der Waals surface area contributed by atoms with Crippen LogP contribution in [0, 0.1) is 0 Å². The van der Waals surface area contributed by atoms with Crippen molar-refractivity contribution in [3.05, 3.63) is 18.2 Å². The average Bonchev–Trinajstić information content (AvgIpc) is 3.11. The molecule has 1 aliphatic rings. The first kappa shape index (κ1) is 16.5. The molecule has 1 aliphatic carbocycles. The first-order valence-corrected chi connectivity index (χ1v) is 8.65. The van der Waals surface area contributed by atoms with Crippen LogP contribution in [-0.4, -0.2) is 28.3 Å². The fourth-order valence-electron chi connectivity index (χ4n) is 3.59. The van der Waals surface area contributed by atoms with Crippen LogP contribution in [0.1, 0.15) is 71.2 Å². The van der Waals surface area contributed by atoms with E-state index < -0.39 is 0 Å². The number of imidazole rings is 1. The number of hydrogen-bond acceptors (Lipinski definition) is 3. The van der Waals surface area contributed by atoms with E-state index in [1.54, 1.807) is 0 Å². The molecule has 0 spiro atoms. The zero-order chi connectivity index (χ0) is 15.1. The van der Waals surface area contributed by atoms with Gasteiger partial charge in [-0.1, -0.05) is 26.7 Å². The van der Waals surface area contributed by atoms with Crippen LogP contribution in [0.5, 0.6) is 0 Å². The van der Waals surface area contributed by atoms with Crippen LogP contribution in [0.2, 0.25) is 0 Å². The summed E-state index contributed by atoms with van der Waals surface area (Å²) in [6.45, 7) is 9.35. The van der Waals surface area contributed by atoms with Crippen LogP contribution in [0.25, 0.3) is 0 Å². The summed E-state index contributed by atoms with van der Waals surface area (Å²) in [5, 5.41) is 3.73. The van der Waals surface area contributed by atoms with E-state index in [4.69, 9.17) is 4.74 Å². The van der Waals surface area contributed by atoms with E-state index in [1.165, 1.54) is 12.8 Å². The van der Waals surface area contributed by atoms with E-state index in [-0.39, 0.29) is 11.6 Å². The fourth-order valence-corrected chi connectivity index (χ4v) is 3.59. The van der Waals surface area contributed by atoms with Gasteiger partial charge in [-0.25, -0.2) is 4.98 Å². The number of hydrogen-bond donors (Lipinski definition) is 1. The maximum atomic E-state index is 6.29. The third kappa shape index (κ3) is 3.67. The summed E-state index contributed by atoms with van der Waals surface area (Å²) in [6, 6.07) is 0.210. The van der Waals surface area contributed by atoms with Crippen LogP contribution in [-0.2, 0) is 11.3 Å². The van der Waals surface area contributed by atoms with Crippen molar-refractivity contribution in [1.82, 2.24) is 14.9 Å². The maximum Gasteiger partial charge on any atom is 0.128 e. The fraction of sp³-hybridized carbons (Fsp3) is 0.824. The summed E-state index contributed by atoms with van der Waals surface area (Å²) in [5.74, 6) is 1.15. The lowest BCUT2D eigenvalue weighted by atomic mass is 9.90. The molecule has 0 saturated heterocycles. The Kier molecular flexibility index (Phi) is 6.24. The monoisotopic (exact) mass is 293 g/mol. The van der Waals surface area contributed by atoms with Gasteiger partial charge in [-0.3, -0.25) is 0 Å². The Morgan fingerprint density at radius 1 is 1.29 bits per heavy atom. The van der Waals surface area contributed by atoms with Crippen molar-refractivity contribution in [3.8, 4) is 0 Å². The smallest absolute Gasteiger partial charge is 0.128 e. The highest BCUT2D eigenvalue weighted by molar-refractivity contribution is 5.10. The molecule has 1 heterocycles. The van der Waals surface area contributed by atoms with Crippen LogP contribution in [0.4, 0.5) is 0 Å². The van der Waals surface area contributed by atoms with E-state index in [0.29, 0.717) is 0 Å². The van der Waals surface area contributed by atoms with Crippen LogP contribution in [0.15, 0.2) is 12.4 Å². The SMILES string of the molecule is CCCNC(c1nccn1CCC)C1(OCC)CCCC1. The highest BCUT2D eigenvalue weighted by Crippen LogP contribution is 2.42. The molecule has 1 atom stereocenters. The van der Waals surface area contributed by atoms with Gasteiger partial charge in [-0.15, -0.1) is 0 Å². The van der Waals surface area contributed by atoms with Crippen LogP contribution >= 0.6 is 0 Å². The van der Waals surface area contributed by atoms with E-state index >= 15 is 0 Å². The molecular weight excluding hydrogens is 262 g/mol. The lowest BCUT2D eigenvalue weighted by Gasteiger charge is -2.37. The summed E-state index contributed by atoms with van der Waals surface area (Å²) in [6.07, 6.45) is 11.1. The molecule has 0 amide bonds. The number of aromatic nitrogens is 2. The average molecular weight is 293 g/mol. The normalized spacial score (nSPS) is 19.0. The Balaban J connectivity index is 2.29. The van der Waals surface area contributed by atoms with Crippen LogP contribution < -0.4 is 5.32 Å². The number of aryl methyl sites for hydroxylation is 1. The first-order valence-electron chi connectivity index (χ1n) is 8.65. The van der Waals surface area contributed by atoms with Gasteiger partial charge >= 0.3 is 0 Å². The molecule has 2 rings (SSSR count). The van der Waals surface area contributed by atoms with Crippen molar-refractivity contribution in [3.63, 3.8) is 0 Å². The third-order valence-corrected chi connectivity index (χ3v) is 4.48. The third-order valence-electron chi connectivity index (χ3n) is 4.48. The molecular formula is C17H31N3O. The molecule has 0 bridgehead atoms. The van der Waals surface area contributed by atoms with E-state index in [1.807, 2.05) is 6.20 Å². The number of nitrogens with one attached hydrogen (secondary N) is 1. The minimum atomic E-state index is -0.0687. The molecule has 21 heavy (non-hydrogen) atoms. The Morgan fingerprint density at radius 3 is 2.67 bits per heavy atom. The molecule has 1 aromatic heterocycles. The van der Waals surface area contributed by atoms with Crippen LogP contribution in [0.3, 0.4) is 0 Å².